The van der Waals surface area contributed by atoms with E-state index in [1.165, 1.54) is 5.56 Å². The van der Waals surface area contributed by atoms with Crippen LogP contribution in [0.2, 0.25) is 0 Å². The fourth-order valence-corrected chi connectivity index (χ4v) is 1.42. The fraction of sp³-hybridized carbons (Fsp3) is 0.167. The Morgan fingerprint density at radius 2 is 1.87 bits per heavy atom. The minimum Gasteiger partial charge on any atom is -0.319 e. The van der Waals surface area contributed by atoms with E-state index in [1.807, 2.05) is 24.3 Å². The highest BCUT2D eigenvalue weighted by Crippen LogP contribution is 2.16. The number of hydrogen-bond donors (Lipinski definition) is 1. The van der Waals surface area contributed by atoms with Crippen LogP contribution in [0.4, 0.5) is 0 Å². The molecule has 1 atom stereocenters. The lowest BCUT2D eigenvalue weighted by Crippen LogP contribution is -2.13. The summed E-state index contributed by atoms with van der Waals surface area (Å²) < 4.78 is 0. The van der Waals surface area contributed by atoms with Gasteiger partial charge in [0.15, 0.2) is 0 Å². The highest BCUT2D eigenvalue weighted by Gasteiger charge is 2.09. The summed E-state index contributed by atoms with van der Waals surface area (Å²) in [7, 11) is 0. The highest BCUT2D eigenvalue weighted by atomic mass is 14.8. The van der Waals surface area contributed by atoms with Crippen molar-refractivity contribution in [1.82, 2.24) is 9.97 Å². The molecular weight excluding hydrogens is 186 g/mol. The average Bonchev–Trinajstić information content (AvgIpc) is 2.30. The van der Waals surface area contributed by atoms with Crippen molar-refractivity contribution < 1.29 is 0 Å². The van der Waals surface area contributed by atoms with E-state index in [0.29, 0.717) is 0 Å². The molecule has 76 valence electrons. The third-order valence-corrected chi connectivity index (χ3v) is 2.34. The van der Waals surface area contributed by atoms with Gasteiger partial charge in [0.2, 0.25) is 0 Å². The van der Waals surface area contributed by atoms with Crippen molar-refractivity contribution in [3.63, 3.8) is 0 Å². The first-order chi connectivity index (χ1) is 7.27. The van der Waals surface area contributed by atoms with Crippen LogP contribution < -0.4 is 5.73 Å². The second-order valence-electron chi connectivity index (χ2n) is 3.52. The van der Waals surface area contributed by atoms with Crippen LogP contribution in [-0.4, -0.2) is 9.97 Å². The Balaban J connectivity index is 2.29. The Morgan fingerprint density at radius 1 is 1.13 bits per heavy atom. The fourth-order valence-electron chi connectivity index (χ4n) is 1.42. The number of nitrogens with two attached hydrogens (primary N) is 1. The number of hydrogen-bond acceptors (Lipinski definition) is 3. The first kappa shape index (κ1) is 9.80. The highest BCUT2D eigenvalue weighted by molar-refractivity contribution is 5.28. The smallest absolute Gasteiger partial charge is 0.0799 e. The molecule has 2 aromatic rings. The van der Waals surface area contributed by atoms with Crippen LogP contribution in [0.25, 0.3) is 0 Å². The molecule has 1 aromatic heterocycles. The van der Waals surface area contributed by atoms with E-state index >= 15 is 0 Å². The van der Waals surface area contributed by atoms with Crippen LogP contribution in [0.15, 0.2) is 42.9 Å². The molecule has 1 aromatic carbocycles. The first-order valence-electron chi connectivity index (χ1n) is 4.85. The molecule has 2 rings (SSSR count). The third-order valence-electron chi connectivity index (χ3n) is 2.34. The molecule has 0 aliphatic heterocycles. The van der Waals surface area contributed by atoms with Crippen LogP contribution in [0.1, 0.15) is 22.9 Å². The van der Waals surface area contributed by atoms with Gasteiger partial charge in [0.1, 0.15) is 0 Å². The van der Waals surface area contributed by atoms with Crippen molar-refractivity contribution >= 4 is 0 Å². The molecule has 0 aliphatic rings. The molecule has 2 N–H and O–H groups in total. The maximum atomic E-state index is 6.06. The quantitative estimate of drug-likeness (QED) is 0.802. The molecule has 0 fully saturated rings. The summed E-state index contributed by atoms with van der Waals surface area (Å²) in [5.74, 6) is 0. The van der Waals surface area contributed by atoms with Gasteiger partial charge < -0.3 is 5.73 Å². The molecule has 1 heterocycles. The second kappa shape index (κ2) is 4.19. The topological polar surface area (TPSA) is 51.8 Å². The van der Waals surface area contributed by atoms with Gasteiger partial charge in [-0.1, -0.05) is 29.8 Å². The maximum absolute atomic E-state index is 6.06. The van der Waals surface area contributed by atoms with E-state index in [9.17, 15) is 0 Å². The van der Waals surface area contributed by atoms with E-state index in [0.717, 1.165) is 11.3 Å². The van der Waals surface area contributed by atoms with Crippen LogP contribution in [-0.2, 0) is 0 Å². The Labute approximate surface area is 89.0 Å². The summed E-state index contributed by atoms with van der Waals surface area (Å²) >= 11 is 0. The van der Waals surface area contributed by atoms with E-state index in [2.05, 4.69) is 16.9 Å². The van der Waals surface area contributed by atoms with Crippen LogP contribution >= 0.6 is 0 Å². The Hall–Kier alpha value is -1.74. The van der Waals surface area contributed by atoms with Gasteiger partial charge in [0, 0.05) is 12.4 Å². The Morgan fingerprint density at radius 3 is 2.47 bits per heavy atom. The third kappa shape index (κ3) is 2.19. The monoisotopic (exact) mass is 199 g/mol. The Kier molecular flexibility index (Phi) is 2.74. The van der Waals surface area contributed by atoms with Crippen molar-refractivity contribution in [3.05, 3.63) is 59.7 Å². The van der Waals surface area contributed by atoms with Crippen LogP contribution in [0, 0.1) is 6.92 Å². The normalized spacial score (nSPS) is 12.4. The number of aromatic nitrogens is 2. The molecule has 0 aliphatic carbocycles. The second-order valence-corrected chi connectivity index (χ2v) is 3.52. The summed E-state index contributed by atoms with van der Waals surface area (Å²) in [6.45, 7) is 2.05. The molecule has 3 nitrogen and oxygen atoms in total. The lowest BCUT2D eigenvalue weighted by molar-refractivity contribution is 0.817. The van der Waals surface area contributed by atoms with Gasteiger partial charge in [0.25, 0.3) is 0 Å². The number of benzene rings is 1. The largest absolute Gasteiger partial charge is 0.319 e. The molecule has 0 radical (unpaired) electrons. The van der Waals surface area contributed by atoms with Crippen molar-refractivity contribution in [2.24, 2.45) is 5.73 Å². The first-order valence-corrected chi connectivity index (χ1v) is 4.85. The maximum Gasteiger partial charge on any atom is 0.0799 e. The molecular formula is C12H13N3. The lowest BCUT2D eigenvalue weighted by Gasteiger charge is -2.10. The average molecular weight is 199 g/mol. The summed E-state index contributed by atoms with van der Waals surface area (Å²) in [5.41, 5.74) is 9.14. The van der Waals surface area contributed by atoms with E-state index in [-0.39, 0.29) is 6.04 Å². The molecule has 0 bridgehead atoms. The minimum atomic E-state index is -0.195. The molecule has 0 saturated heterocycles. The minimum absolute atomic E-state index is 0.195. The van der Waals surface area contributed by atoms with Gasteiger partial charge in [-0.3, -0.25) is 9.97 Å². The number of rotatable bonds is 2. The summed E-state index contributed by atoms with van der Waals surface area (Å²) in [6, 6.07) is 7.94. The van der Waals surface area contributed by atoms with Gasteiger partial charge in [-0.05, 0) is 12.5 Å². The van der Waals surface area contributed by atoms with Gasteiger partial charge in [-0.25, -0.2) is 0 Å². The Bertz CT molecular complexity index is 422. The van der Waals surface area contributed by atoms with Crippen molar-refractivity contribution in [1.29, 1.82) is 0 Å². The zero-order valence-corrected chi connectivity index (χ0v) is 8.59. The summed E-state index contributed by atoms with van der Waals surface area (Å²) in [5, 5.41) is 0. The van der Waals surface area contributed by atoms with Gasteiger partial charge in [0.05, 0.1) is 17.9 Å². The summed E-state index contributed by atoms with van der Waals surface area (Å²) in [4.78, 5) is 8.20. The number of aryl methyl sites for hydroxylation is 1. The van der Waals surface area contributed by atoms with Crippen molar-refractivity contribution in [3.8, 4) is 0 Å². The van der Waals surface area contributed by atoms with E-state index in [4.69, 9.17) is 5.73 Å². The SMILES string of the molecule is Cc1ccc([C@@H](N)c2cnccn2)cc1. The van der Waals surface area contributed by atoms with Gasteiger partial charge >= 0.3 is 0 Å². The lowest BCUT2D eigenvalue weighted by atomic mass is 10.0. The number of nitrogens with zero attached hydrogens (tertiary/aromatic N) is 2. The van der Waals surface area contributed by atoms with Gasteiger partial charge in [-0.15, -0.1) is 0 Å². The van der Waals surface area contributed by atoms with Gasteiger partial charge in [-0.2, -0.15) is 0 Å². The molecule has 0 spiro atoms. The summed E-state index contributed by atoms with van der Waals surface area (Å²) in [6.07, 6.45) is 5.00. The molecule has 0 saturated carbocycles. The molecule has 0 unspecified atom stereocenters. The predicted molar refractivity (Wildman–Crippen MR) is 59.2 cm³/mol. The van der Waals surface area contributed by atoms with Crippen LogP contribution in [0.5, 0.6) is 0 Å². The van der Waals surface area contributed by atoms with Crippen LogP contribution in [0.3, 0.4) is 0 Å². The molecule has 0 amide bonds. The van der Waals surface area contributed by atoms with E-state index < -0.39 is 0 Å². The molecule has 3 heteroatoms. The molecule has 15 heavy (non-hydrogen) atoms. The zero-order chi connectivity index (χ0) is 10.7. The van der Waals surface area contributed by atoms with Crippen molar-refractivity contribution in [2.75, 3.05) is 0 Å². The van der Waals surface area contributed by atoms with Crippen molar-refractivity contribution in [2.45, 2.75) is 13.0 Å². The van der Waals surface area contributed by atoms with E-state index in [1.54, 1.807) is 18.6 Å². The zero-order valence-electron chi connectivity index (χ0n) is 8.59. The standard InChI is InChI=1S/C12H13N3/c1-9-2-4-10(5-3-9)12(13)11-8-14-6-7-15-11/h2-8,12H,13H2,1H3/t12-/m1/s1. The predicted octanol–water partition coefficient (Wildman–Crippen LogP) is 1.83.